The molecule has 8 heteroatoms. The van der Waals surface area contributed by atoms with Gasteiger partial charge in [0.05, 0.1) is 10.5 Å². The summed E-state index contributed by atoms with van der Waals surface area (Å²) in [6.07, 6.45) is 0.441. The Labute approximate surface area is 131 Å². The monoisotopic (exact) mass is 319 g/mol. The first-order chi connectivity index (χ1) is 11.0. The average Bonchev–Trinajstić information content (AvgIpc) is 2.53. The summed E-state index contributed by atoms with van der Waals surface area (Å²) in [5.74, 6) is 0.249. The lowest BCUT2D eigenvalue weighted by Gasteiger charge is -2.12. The van der Waals surface area contributed by atoms with E-state index in [1.807, 2.05) is 0 Å². The van der Waals surface area contributed by atoms with E-state index in [0.717, 1.165) is 0 Å². The van der Waals surface area contributed by atoms with Crippen LogP contribution in [-0.4, -0.2) is 30.2 Å². The summed E-state index contributed by atoms with van der Waals surface area (Å²) < 4.78 is 15.5. The number of hydrogen-bond acceptors (Lipinski definition) is 7. The van der Waals surface area contributed by atoms with Crippen molar-refractivity contribution < 1.29 is 29.0 Å². The summed E-state index contributed by atoms with van der Waals surface area (Å²) in [7, 11) is 1.44. The highest BCUT2D eigenvalue weighted by Gasteiger charge is 2.14. The van der Waals surface area contributed by atoms with Crippen LogP contribution in [0.15, 0.2) is 36.4 Å². The first kappa shape index (κ1) is 16.2. The van der Waals surface area contributed by atoms with Gasteiger partial charge in [0.1, 0.15) is 23.0 Å². The van der Waals surface area contributed by atoms with Crippen molar-refractivity contribution in [1.82, 2.24) is 0 Å². The van der Waals surface area contributed by atoms with Gasteiger partial charge in [-0.3, -0.25) is 14.9 Å². The van der Waals surface area contributed by atoms with Crippen LogP contribution in [0, 0.1) is 10.1 Å². The number of nitro benzene ring substituents is 1. The van der Waals surface area contributed by atoms with Gasteiger partial charge in [-0.2, -0.15) is 0 Å². The predicted octanol–water partition coefficient (Wildman–Crippen LogP) is 2.89. The Bertz CT molecular complexity index is 713. The molecule has 0 bridgehead atoms. The lowest BCUT2D eigenvalue weighted by molar-refractivity contribution is -0.384. The molecule has 0 aliphatic rings. The average molecular weight is 319 g/mol. The number of hydrogen-bond donors (Lipinski definition) is 1. The van der Waals surface area contributed by atoms with E-state index in [0.29, 0.717) is 6.29 Å². The second-order valence-corrected chi connectivity index (χ2v) is 4.38. The molecule has 120 valence electrons. The summed E-state index contributed by atoms with van der Waals surface area (Å²) in [6, 6.07) is 7.95. The van der Waals surface area contributed by atoms with Crippen LogP contribution in [0.4, 0.5) is 5.69 Å². The molecule has 0 fully saturated rings. The lowest BCUT2D eigenvalue weighted by atomic mass is 10.2. The Hall–Kier alpha value is -3.13. The van der Waals surface area contributed by atoms with Crippen LogP contribution in [0.1, 0.15) is 10.4 Å². The highest BCUT2D eigenvalue weighted by Crippen LogP contribution is 2.35. The summed E-state index contributed by atoms with van der Waals surface area (Å²) in [4.78, 5) is 21.2. The minimum Gasteiger partial charge on any atom is -0.507 e. The van der Waals surface area contributed by atoms with Crippen molar-refractivity contribution in [1.29, 1.82) is 0 Å². The van der Waals surface area contributed by atoms with E-state index in [2.05, 4.69) is 0 Å². The van der Waals surface area contributed by atoms with Crippen LogP contribution in [0.3, 0.4) is 0 Å². The maximum atomic E-state index is 11.1. The largest absolute Gasteiger partial charge is 0.507 e. The molecule has 0 aliphatic heterocycles. The summed E-state index contributed by atoms with van der Waals surface area (Å²) in [5, 5.41) is 20.5. The zero-order chi connectivity index (χ0) is 16.8. The molecule has 0 amide bonds. The van der Waals surface area contributed by atoms with Crippen LogP contribution in [0.25, 0.3) is 0 Å². The van der Waals surface area contributed by atoms with Gasteiger partial charge in [-0.05, 0) is 12.1 Å². The minimum atomic E-state index is -0.536. The second kappa shape index (κ2) is 7.23. The number of ether oxygens (including phenoxy) is 3. The van der Waals surface area contributed by atoms with Crippen LogP contribution >= 0.6 is 0 Å². The molecule has 0 unspecified atom stereocenters. The summed E-state index contributed by atoms with van der Waals surface area (Å²) in [6.45, 7) is -0.0448. The first-order valence-corrected chi connectivity index (χ1v) is 6.41. The number of nitrogens with zero attached hydrogens (tertiary/aromatic N) is 1. The van der Waals surface area contributed by atoms with Crippen molar-refractivity contribution in [3.63, 3.8) is 0 Å². The Kier molecular flexibility index (Phi) is 5.11. The number of nitro groups is 1. The van der Waals surface area contributed by atoms with Crippen molar-refractivity contribution in [3.8, 4) is 23.0 Å². The van der Waals surface area contributed by atoms with E-state index < -0.39 is 4.92 Å². The predicted molar refractivity (Wildman–Crippen MR) is 79.2 cm³/mol. The second-order valence-electron chi connectivity index (χ2n) is 4.38. The molecule has 2 aromatic rings. The molecule has 0 aromatic heterocycles. The minimum absolute atomic E-state index is 0.0448. The molecule has 0 heterocycles. The first-order valence-electron chi connectivity index (χ1n) is 6.41. The van der Waals surface area contributed by atoms with Gasteiger partial charge in [0.25, 0.3) is 5.69 Å². The number of carbonyl (C=O) groups is 1. The molecule has 0 spiro atoms. The quantitative estimate of drug-likeness (QED) is 0.362. The van der Waals surface area contributed by atoms with Gasteiger partial charge in [-0.1, -0.05) is 0 Å². The third-order valence-corrected chi connectivity index (χ3v) is 2.83. The third kappa shape index (κ3) is 3.95. The fourth-order valence-corrected chi connectivity index (χ4v) is 1.76. The van der Waals surface area contributed by atoms with Crippen LogP contribution in [-0.2, 0) is 4.74 Å². The summed E-state index contributed by atoms with van der Waals surface area (Å²) in [5.41, 5.74) is -0.152. The Balaban J connectivity index is 2.31. The van der Waals surface area contributed by atoms with Crippen molar-refractivity contribution in [2.75, 3.05) is 13.9 Å². The molecule has 0 atom stereocenters. The standard InChI is InChI=1S/C15H13NO7/c1-21-9-22-12-6-14(18)13(8-17)15(7-12)23-11-4-2-10(3-5-11)16(19)20/h2-8,18H,9H2,1H3. The number of aromatic hydroxyl groups is 1. The molecule has 8 nitrogen and oxygen atoms in total. The van der Waals surface area contributed by atoms with Crippen LogP contribution in [0.5, 0.6) is 23.0 Å². The Morgan fingerprint density at radius 1 is 1.22 bits per heavy atom. The number of rotatable bonds is 7. The number of carbonyl (C=O) groups excluding carboxylic acids is 1. The number of non-ortho nitro benzene ring substituents is 1. The number of aldehydes is 1. The molecule has 23 heavy (non-hydrogen) atoms. The fraction of sp³-hybridized carbons (Fsp3) is 0.133. The van der Waals surface area contributed by atoms with Gasteiger partial charge in [-0.25, -0.2) is 0 Å². The van der Waals surface area contributed by atoms with Gasteiger partial charge >= 0.3 is 0 Å². The molecule has 2 rings (SSSR count). The number of phenols is 1. The van der Waals surface area contributed by atoms with Crippen molar-refractivity contribution in [2.24, 2.45) is 0 Å². The van der Waals surface area contributed by atoms with Gasteiger partial charge in [0.2, 0.25) is 0 Å². The molecule has 1 N–H and O–H groups in total. The lowest BCUT2D eigenvalue weighted by Crippen LogP contribution is -2.00. The van der Waals surface area contributed by atoms with Crippen molar-refractivity contribution >= 4 is 12.0 Å². The number of phenolic OH excluding ortho intramolecular Hbond substituents is 1. The normalized spacial score (nSPS) is 10.1. The molecule has 2 aromatic carbocycles. The molecular weight excluding hydrogens is 306 g/mol. The van der Waals surface area contributed by atoms with Crippen molar-refractivity contribution in [2.45, 2.75) is 0 Å². The van der Waals surface area contributed by atoms with Crippen LogP contribution < -0.4 is 9.47 Å². The molecule has 0 saturated heterocycles. The van der Waals surface area contributed by atoms with E-state index >= 15 is 0 Å². The van der Waals surface area contributed by atoms with E-state index in [4.69, 9.17) is 14.2 Å². The maximum Gasteiger partial charge on any atom is 0.269 e. The topological polar surface area (TPSA) is 108 Å². The fourth-order valence-electron chi connectivity index (χ4n) is 1.76. The SMILES string of the molecule is COCOc1cc(O)c(C=O)c(Oc2ccc([N+](=O)[O-])cc2)c1. The van der Waals surface area contributed by atoms with Crippen molar-refractivity contribution in [3.05, 3.63) is 52.1 Å². The van der Waals surface area contributed by atoms with Crippen LogP contribution in [0.2, 0.25) is 0 Å². The highest BCUT2D eigenvalue weighted by atomic mass is 16.7. The number of methoxy groups -OCH3 is 1. The number of benzene rings is 2. The van der Waals surface area contributed by atoms with E-state index in [1.54, 1.807) is 0 Å². The highest BCUT2D eigenvalue weighted by molar-refractivity contribution is 5.84. The maximum absolute atomic E-state index is 11.1. The van der Waals surface area contributed by atoms with E-state index in [9.17, 15) is 20.0 Å². The van der Waals surface area contributed by atoms with Gasteiger partial charge in [-0.15, -0.1) is 0 Å². The molecule has 0 saturated carbocycles. The van der Waals surface area contributed by atoms with Gasteiger partial charge < -0.3 is 19.3 Å². The van der Waals surface area contributed by atoms with E-state index in [1.165, 1.54) is 43.5 Å². The zero-order valence-electron chi connectivity index (χ0n) is 12.1. The molecule has 0 aliphatic carbocycles. The summed E-state index contributed by atoms with van der Waals surface area (Å²) >= 11 is 0. The third-order valence-electron chi connectivity index (χ3n) is 2.83. The molecular formula is C15H13NO7. The Morgan fingerprint density at radius 3 is 2.48 bits per heavy atom. The zero-order valence-corrected chi connectivity index (χ0v) is 12.1. The Morgan fingerprint density at radius 2 is 1.91 bits per heavy atom. The molecule has 0 radical (unpaired) electrons. The van der Waals surface area contributed by atoms with Gasteiger partial charge in [0, 0.05) is 31.4 Å². The van der Waals surface area contributed by atoms with E-state index in [-0.39, 0.29) is 41.0 Å². The van der Waals surface area contributed by atoms with Gasteiger partial charge in [0.15, 0.2) is 13.1 Å². The smallest absolute Gasteiger partial charge is 0.269 e.